The van der Waals surface area contributed by atoms with Crippen LogP contribution in [0.1, 0.15) is 91.4 Å². The summed E-state index contributed by atoms with van der Waals surface area (Å²) < 4.78 is 4.80. The van der Waals surface area contributed by atoms with Gasteiger partial charge in [0.1, 0.15) is 0 Å². The molecule has 33 heavy (non-hydrogen) atoms. The van der Waals surface area contributed by atoms with Gasteiger partial charge in [-0.25, -0.2) is 0 Å². The van der Waals surface area contributed by atoms with Crippen molar-refractivity contribution in [1.29, 1.82) is 0 Å². The number of unbranched alkanes of at least 4 members (excludes halogenated alkanes) is 2. The van der Waals surface area contributed by atoms with Gasteiger partial charge in [0.2, 0.25) is 0 Å². The Hall–Kier alpha value is -1.70. The number of aliphatic carboxylic acids is 1. The van der Waals surface area contributed by atoms with E-state index in [1.165, 1.54) is 6.26 Å². The third-order valence-corrected chi connectivity index (χ3v) is 6.85. The number of ether oxygens (including phenoxy) is 1. The Kier molecular flexibility index (Phi) is 13.6. The molecule has 0 bridgehead atoms. The summed E-state index contributed by atoms with van der Waals surface area (Å²) in [5.41, 5.74) is -0.142. The van der Waals surface area contributed by atoms with Crippen LogP contribution in [0.25, 0.3) is 0 Å². The third-order valence-electron chi connectivity index (χ3n) is 6.85. The Morgan fingerprint density at radius 2 is 1.73 bits per heavy atom. The summed E-state index contributed by atoms with van der Waals surface area (Å²) in [6, 6.07) is 0. The van der Waals surface area contributed by atoms with Gasteiger partial charge in [0.15, 0.2) is 0 Å². The number of carbonyl (C=O) groups excluding carboxylic acids is 1. The number of aliphatic hydroxyl groups excluding tert-OH is 3. The summed E-state index contributed by atoms with van der Waals surface area (Å²) in [5, 5.41) is 40.1. The molecule has 5 atom stereocenters. The largest absolute Gasteiger partial charge is 0.481 e. The lowest BCUT2D eigenvalue weighted by Crippen LogP contribution is -2.31. The first-order valence-electron chi connectivity index (χ1n) is 12.4. The zero-order valence-corrected chi connectivity index (χ0v) is 20.5. The molecule has 0 aliphatic heterocycles. The SMILES string of the molecule is CCCCC(C)(C)[C@H](O)CC[C@@H]1[C@@H](CCC/C=C/C=C/OC(=O)CCC(=O)O)[C@@H](O)C[C@H]1O. The van der Waals surface area contributed by atoms with Crippen molar-refractivity contribution in [3.8, 4) is 0 Å². The Balaban J connectivity index is 2.39. The van der Waals surface area contributed by atoms with E-state index in [-0.39, 0.29) is 30.1 Å². The summed E-state index contributed by atoms with van der Waals surface area (Å²) in [4.78, 5) is 21.7. The van der Waals surface area contributed by atoms with E-state index in [1.54, 1.807) is 12.2 Å². The highest BCUT2D eigenvalue weighted by atomic mass is 16.5. The van der Waals surface area contributed by atoms with Crippen LogP contribution >= 0.6 is 0 Å². The number of allylic oxidation sites excluding steroid dienone is 3. The van der Waals surface area contributed by atoms with Crippen molar-refractivity contribution in [3.63, 3.8) is 0 Å². The van der Waals surface area contributed by atoms with Crippen molar-refractivity contribution < 1.29 is 34.8 Å². The van der Waals surface area contributed by atoms with Gasteiger partial charge in [0, 0.05) is 0 Å². The minimum atomic E-state index is -1.04. The van der Waals surface area contributed by atoms with E-state index < -0.39 is 30.3 Å². The molecule has 0 radical (unpaired) electrons. The van der Waals surface area contributed by atoms with Crippen LogP contribution in [0, 0.1) is 17.3 Å². The number of hydrogen-bond donors (Lipinski definition) is 4. The molecule has 0 spiro atoms. The van der Waals surface area contributed by atoms with Gasteiger partial charge in [-0.3, -0.25) is 9.59 Å². The minimum Gasteiger partial charge on any atom is -0.481 e. The number of hydrogen-bond acceptors (Lipinski definition) is 6. The summed E-state index contributed by atoms with van der Waals surface area (Å²) in [6.07, 6.45) is 12.0. The van der Waals surface area contributed by atoms with Crippen LogP contribution in [0.15, 0.2) is 24.5 Å². The van der Waals surface area contributed by atoms with Crippen molar-refractivity contribution in [2.75, 3.05) is 0 Å². The van der Waals surface area contributed by atoms with Gasteiger partial charge in [-0.15, -0.1) is 0 Å². The van der Waals surface area contributed by atoms with Crippen molar-refractivity contribution in [2.24, 2.45) is 17.3 Å². The van der Waals surface area contributed by atoms with Crippen molar-refractivity contribution in [2.45, 2.75) is 110 Å². The summed E-state index contributed by atoms with van der Waals surface area (Å²) in [5.74, 6) is -1.58. The fourth-order valence-electron chi connectivity index (χ4n) is 4.60. The molecule has 0 aromatic carbocycles. The van der Waals surface area contributed by atoms with Gasteiger partial charge in [-0.05, 0) is 68.3 Å². The first-order chi connectivity index (χ1) is 15.6. The lowest BCUT2D eigenvalue weighted by atomic mass is 9.77. The predicted octanol–water partition coefficient (Wildman–Crippen LogP) is 4.35. The van der Waals surface area contributed by atoms with Crippen LogP contribution in [0.2, 0.25) is 0 Å². The third kappa shape index (κ3) is 11.3. The molecule has 0 aromatic rings. The van der Waals surface area contributed by atoms with Gasteiger partial charge in [-0.2, -0.15) is 0 Å². The lowest BCUT2D eigenvalue weighted by Gasteiger charge is -2.32. The van der Waals surface area contributed by atoms with E-state index in [0.29, 0.717) is 19.3 Å². The number of carboxylic acid groups (broad SMARTS) is 1. The average Bonchev–Trinajstić information content (AvgIpc) is 3.02. The topological polar surface area (TPSA) is 124 Å². The highest BCUT2D eigenvalue weighted by Gasteiger charge is 2.41. The zero-order valence-electron chi connectivity index (χ0n) is 20.5. The van der Waals surface area contributed by atoms with Crippen LogP contribution in [0.5, 0.6) is 0 Å². The molecule has 0 aromatic heterocycles. The van der Waals surface area contributed by atoms with Crippen molar-refractivity contribution in [1.82, 2.24) is 0 Å². The maximum Gasteiger partial charge on any atom is 0.311 e. The number of esters is 1. The maximum absolute atomic E-state index is 11.3. The monoisotopic (exact) mass is 468 g/mol. The molecule has 0 saturated heterocycles. The molecule has 190 valence electrons. The second-order valence-electron chi connectivity index (χ2n) is 9.95. The van der Waals surface area contributed by atoms with E-state index in [4.69, 9.17) is 9.84 Å². The van der Waals surface area contributed by atoms with Crippen LogP contribution in [0.3, 0.4) is 0 Å². The molecule has 7 nitrogen and oxygen atoms in total. The quantitative estimate of drug-likeness (QED) is 0.115. The molecule has 1 aliphatic carbocycles. The van der Waals surface area contributed by atoms with E-state index in [9.17, 15) is 24.9 Å². The van der Waals surface area contributed by atoms with Crippen LogP contribution in [-0.4, -0.2) is 50.7 Å². The highest BCUT2D eigenvalue weighted by Crippen LogP contribution is 2.40. The Labute approximate surface area is 198 Å². The van der Waals surface area contributed by atoms with E-state index in [2.05, 4.69) is 20.8 Å². The highest BCUT2D eigenvalue weighted by molar-refractivity contribution is 5.76. The fraction of sp³-hybridized carbons (Fsp3) is 0.769. The molecule has 4 N–H and O–H groups in total. The van der Waals surface area contributed by atoms with Crippen molar-refractivity contribution in [3.05, 3.63) is 24.5 Å². The second kappa shape index (κ2) is 15.3. The Morgan fingerprint density at radius 3 is 2.36 bits per heavy atom. The lowest BCUT2D eigenvalue weighted by molar-refractivity contribution is -0.144. The van der Waals surface area contributed by atoms with Gasteiger partial charge in [0.05, 0.1) is 37.4 Å². The average molecular weight is 469 g/mol. The molecular weight excluding hydrogens is 424 g/mol. The standard InChI is InChI=1S/C26H44O7/c1-4-5-16-26(2,3)23(29)13-12-20-19(21(27)18-22(20)28)11-9-7-6-8-10-17-33-25(32)15-14-24(30)31/h6,8,10,17,19-23,27-29H,4-5,7,9,11-16,18H2,1-3H3,(H,30,31)/b8-6+,17-10+/t19-,20-,21+,22-,23-/m1/s1. The summed E-state index contributed by atoms with van der Waals surface area (Å²) in [6.45, 7) is 6.35. The normalized spacial score (nSPS) is 24.5. The number of aliphatic hydroxyl groups is 3. The fourth-order valence-corrected chi connectivity index (χ4v) is 4.60. The first-order valence-corrected chi connectivity index (χ1v) is 12.4. The summed E-state index contributed by atoms with van der Waals surface area (Å²) in [7, 11) is 0. The second-order valence-corrected chi connectivity index (χ2v) is 9.95. The molecule has 7 heteroatoms. The Morgan fingerprint density at radius 1 is 1.06 bits per heavy atom. The number of rotatable bonds is 16. The molecule has 1 saturated carbocycles. The minimum absolute atomic E-state index is 0.00529. The van der Waals surface area contributed by atoms with Gasteiger partial charge in [-0.1, -0.05) is 45.8 Å². The molecular formula is C26H44O7. The molecule has 0 amide bonds. The molecule has 0 heterocycles. The molecule has 1 rings (SSSR count). The van der Waals surface area contributed by atoms with Gasteiger partial charge in [0.25, 0.3) is 0 Å². The molecule has 1 aliphatic rings. The first kappa shape index (κ1) is 29.3. The number of carbonyl (C=O) groups is 2. The smallest absolute Gasteiger partial charge is 0.311 e. The predicted molar refractivity (Wildman–Crippen MR) is 127 cm³/mol. The van der Waals surface area contributed by atoms with Gasteiger partial charge < -0.3 is 25.2 Å². The molecule has 0 unspecified atom stereocenters. The molecule has 1 fully saturated rings. The van der Waals surface area contributed by atoms with E-state index in [0.717, 1.165) is 38.5 Å². The summed E-state index contributed by atoms with van der Waals surface area (Å²) >= 11 is 0. The van der Waals surface area contributed by atoms with Gasteiger partial charge >= 0.3 is 11.9 Å². The van der Waals surface area contributed by atoms with Crippen LogP contribution < -0.4 is 0 Å². The van der Waals surface area contributed by atoms with Crippen LogP contribution in [-0.2, 0) is 14.3 Å². The van der Waals surface area contributed by atoms with Crippen molar-refractivity contribution >= 4 is 11.9 Å². The van der Waals surface area contributed by atoms with E-state index >= 15 is 0 Å². The Bertz CT molecular complexity index is 641. The zero-order chi connectivity index (χ0) is 24.9. The van der Waals surface area contributed by atoms with Crippen LogP contribution in [0.4, 0.5) is 0 Å². The van der Waals surface area contributed by atoms with E-state index in [1.807, 2.05) is 6.08 Å². The maximum atomic E-state index is 11.3. The number of carboxylic acids is 1.